The molecule has 129 valence electrons. The summed E-state index contributed by atoms with van der Waals surface area (Å²) in [6.07, 6.45) is 23.9. The van der Waals surface area contributed by atoms with Crippen LogP contribution in [0.15, 0.2) is 12.2 Å². The molecule has 0 saturated carbocycles. The van der Waals surface area contributed by atoms with Crippen molar-refractivity contribution in [1.82, 2.24) is 0 Å². The van der Waals surface area contributed by atoms with Crippen LogP contribution in [-0.2, 0) is 4.79 Å². The average Bonchev–Trinajstić information content (AvgIpc) is 2.54. The lowest BCUT2D eigenvalue weighted by atomic mass is 10.1. The number of rotatable bonds is 17. The average molecular weight is 310 g/mol. The van der Waals surface area contributed by atoms with Gasteiger partial charge in [0.05, 0.1) is 0 Å². The van der Waals surface area contributed by atoms with Gasteiger partial charge in [-0.3, -0.25) is 4.79 Å². The summed E-state index contributed by atoms with van der Waals surface area (Å²) in [6, 6.07) is 0. The molecule has 0 amide bonds. The van der Waals surface area contributed by atoms with Crippen LogP contribution >= 0.6 is 0 Å². The third-order valence-electron chi connectivity index (χ3n) is 4.13. The van der Waals surface area contributed by atoms with Gasteiger partial charge in [-0.15, -0.1) is 0 Å². The highest BCUT2D eigenvalue weighted by Gasteiger charge is 2.01. The van der Waals surface area contributed by atoms with E-state index in [0.29, 0.717) is 6.42 Å². The second-order valence-electron chi connectivity index (χ2n) is 6.36. The Balaban J connectivity index is 3.09. The molecule has 1 N–H and O–H groups in total. The first kappa shape index (κ1) is 21.4. The lowest BCUT2D eigenvalue weighted by molar-refractivity contribution is 0.219. The number of hydrogen-bond donors (Lipinski definition) is 1. The van der Waals surface area contributed by atoms with E-state index in [1.807, 2.05) is 0 Å². The number of aliphatic hydroxyl groups excluding tert-OH is 1. The van der Waals surface area contributed by atoms with Crippen molar-refractivity contribution in [2.75, 3.05) is 0 Å². The number of allylic oxidation sites excluding steroid dienone is 2. The summed E-state index contributed by atoms with van der Waals surface area (Å²) in [7, 11) is 0. The van der Waals surface area contributed by atoms with Gasteiger partial charge in [0.2, 0.25) is 6.29 Å². The molecule has 0 aliphatic heterocycles. The van der Waals surface area contributed by atoms with Crippen LogP contribution in [-0.4, -0.2) is 17.5 Å². The van der Waals surface area contributed by atoms with Gasteiger partial charge >= 0.3 is 0 Å². The zero-order valence-electron chi connectivity index (χ0n) is 14.7. The maximum Gasteiger partial charge on any atom is 0.229 e. The number of unbranched alkanes of at least 4 members (excludes halogenated alkanes) is 12. The van der Waals surface area contributed by atoms with Gasteiger partial charge in [0.25, 0.3) is 0 Å². The van der Waals surface area contributed by atoms with E-state index in [1.54, 1.807) is 6.29 Å². The second kappa shape index (κ2) is 18.4. The van der Waals surface area contributed by atoms with Crippen LogP contribution in [0.1, 0.15) is 103 Å². The Hall–Kier alpha value is -0.630. The van der Waals surface area contributed by atoms with Crippen molar-refractivity contribution in [2.24, 2.45) is 0 Å². The molecule has 0 heterocycles. The molecule has 0 aliphatic rings. The third-order valence-corrected chi connectivity index (χ3v) is 4.13. The summed E-state index contributed by atoms with van der Waals surface area (Å²) >= 11 is 0. The smallest absolute Gasteiger partial charge is 0.229 e. The van der Waals surface area contributed by atoms with Gasteiger partial charge < -0.3 is 5.11 Å². The Morgan fingerprint density at radius 3 is 1.73 bits per heavy atom. The van der Waals surface area contributed by atoms with Gasteiger partial charge in [-0.05, 0) is 32.1 Å². The van der Waals surface area contributed by atoms with Crippen molar-refractivity contribution < 1.29 is 9.90 Å². The van der Waals surface area contributed by atoms with Gasteiger partial charge in [0.1, 0.15) is 6.10 Å². The lowest BCUT2D eigenvalue weighted by Gasteiger charge is -2.02. The molecule has 0 spiro atoms. The molecular weight excluding hydrogens is 272 g/mol. The summed E-state index contributed by atoms with van der Waals surface area (Å²) in [5, 5.41) is 9.04. The van der Waals surface area contributed by atoms with Crippen molar-refractivity contribution in [3.05, 3.63) is 12.2 Å². The van der Waals surface area contributed by atoms with Gasteiger partial charge in [-0.25, -0.2) is 0 Å². The van der Waals surface area contributed by atoms with Gasteiger partial charge in [0, 0.05) is 0 Å². The van der Waals surface area contributed by atoms with Crippen LogP contribution < -0.4 is 0 Å². The van der Waals surface area contributed by atoms with Gasteiger partial charge in [-0.1, -0.05) is 83.3 Å². The van der Waals surface area contributed by atoms with E-state index in [1.165, 1.54) is 77.0 Å². The van der Waals surface area contributed by atoms with E-state index in [4.69, 9.17) is 5.11 Å². The predicted octanol–water partition coefficient (Wildman–Crippen LogP) is 5.88. The van der Waals surface area contributed by atoms with E-state index in [9.17, 15) is 4.79 Å². The molecule has 0 aliphatic carbocycles. The molecule has 0 bridgehead atoms. The zero-order valence-corrected chi connectivity index (χ0v) is 14.7. The van der Waals surface area contributed by atoms with Crippen LogP contribution in [0, 0.1) is 0 Å². The molecule has 0 fully saturated rings. The molecular formula is C20H37O2. The van der Waals surface area contributed by atoms with E-state index in [2.05, 4.69) is 19.1 Å². The maximum absolute atomic E-state index is 10.1. The standard InChI is InChI=1S/C20H37O2/c1-2-3-4-5-6-7-8-9-10-11-12-13-14-15-16-17-18-20(22)19-21/h9-10,20,22H,2-8,11-18H2,1H3/b10-9-. The molecule has 1 radical (unpaired) electrons. The van der Waals surface area contributed by atoms with E-state index in [0.717, 1.165) is 12.8 Å². The molecule has 0 aromatic carbocycles. The van der Waals surface area contributed by atoms with Crippen molar-refractivity contribution in [2.45, 2.75) is 109 Å². The number of hydrogen-bond acceptors (Lipinski definition) is 2. The second-order valence-corrected chi connectivity index (χ2v) is 6.36. The monoisotopic (exact) mass is 309 g/mol. The fraction of sp³-hybridized carbons (Fsp3) is 0.850. The van der Waals surface area contributed by atoms with Crippen molar-refractivity contribution in [1.29, 1.82) is 0 Å². The molecule has 0 rings (SSSR count). The molecule has 1 unspecified atom stereocenters. The van der Waals surface area contributed by atoms with Crippen LogP contribution in [0.2, 0.25) is 0 Å². The van der Waals surface area contributed by atoms with E-state index >= 15 is 0 Å². The van der Waals surface area contributed by atoms with Gasteiger partial charge in [-0.2, -0.15) is 0 Å². The predicted molar refractivity (Wildman–Crippen MR) is 95.8 cm³/mol. The quantitative estimate of drug-likeness (QED) is 0.269. The van der Waals surface area contributed by atoms with E-state index in [-0.39, 0.29) is 0 Å². The Labute approximate surface area is 138 Å². The summed E-state index contributed by atoms with van der Waals surface area (Å²) in [6.45, 7) is 2.26. The lowest BCUT2D eigenvalue weighted by Crippen LogP contribution is -2.06. The van der Waals surface area contributed by atoms with Crippen molar-refractivity contribution in [3.63, 3.8) is 0 Å². The Bertz CT molecular complexity index is 248. The molecule has 1 atom stereocenters. The molecule has 0 saturated heterocycles. The molecule has 2 nitrogen and oxygen atoms in total. The third kappa shape index (κ3) is 17.4. The van der Waals surface area contributed by atoms with Crippen LogP contribution in [0.5, 0.6) is 0 Å². The first-order valence-corrected chi connectivity index (χ1v) is 9.52. The van der Waals surface area contributed by atoms with Crippen LogP contribution in [0.3, 0.4) is 0 Å². The largest absolute Gasteiger partial charge is 0.385 e. The maximum atomic E-state index is 10.1. The first-order chi connectivity index (χ1) is 10.8. The molecule has 0 aromatic heterocycles. The minimum absolute atomic E-state index is 0.574. The van der Waals surface area contributed by atoms with Crippen molar-refractivity contribution in [3.8, 4) is 0 Å². The molecule has 2 heteroatoms. The Morgan fingerprint density at radius 1 is 0.773 bits per heavy atom. The first-order valence-electron chi connectivity index (χ1n) is 9.52. The highest BCUT2D eigenvalue weighted by atomic mass is 16.3. The van der Waals surface area contributed by atoms with Crippen molar-refractivity contribution >= 4 is 6.29 Å². The summed E-state index contributed by atoms with van der Waals surface area (Å²) in [5.74, 6) is 0. The molecule has 0 aromatic rings. The summed E-state index contributed by atoms with van der Waals surface area (Å²) in [5.41, 5.74) is 0. The number of aliphatic hydroxyl groups is 1. The Morgan fingerprint density at radius 2 is 1.23 bits per heavy atom. The van der Waals surface area contributed by atoms with E-state index < -0.39 is 6.10 Å². The SMILES string of the molecule is CCCCCCCC/C=C\CCCCCCCCC(O)[C]=O. The number of carbonyl (C=O) groups excluding carboxylic acids is 1. The minimum Gasteiger partial charge on any atom is -0.385 e. The highest BCUT2D eigenvalue weighted by molar-refractivity contribution is 5.56. The zero-order chi connectivity index (χ0) is 16.3. The molecule has 22 heavy (non-hydrogen) atoms. The van der Waals surface area contributed by atoms with Crippen LogP contribution in [0.4, 0.5) is 0 Å². The topological polar surface area (TPSA) is 37.3 Å². The Kier molecular flexibility index (Phi) is 17.9. The fourth-order valence-electron chi connectivity index (χ4n) is 2.64. The summed E-state index contributed by atoms with van der Waals surface area (Å²) in [4.78, 5) is 10.1. The normalized spacial score (nSPS) is 12.8. The van der Waals surface area contributed by atoms with Gasteiger partial charge in [0.15, 0.2) is 0 Å². The highest BCUT2D eigenvalue weighted by Crippen LogP contribution is 2.11. The van der Waals surface area contributed by atoms with Crippen LogP contribution in [0.25, 0.3) is 0 Å². The summed E-state index contributed by atoms with van der Waals surface area (Å²) < 4.78 is 0. The fourth-order valence-corrected chi connectivity index (χ4v) is 2.64. The minimum atomic E-state index is -0.864.